The van der Waals surface area contributed by atoms with Crippen molar-refractivity contribution in [2.75, 3.05) is 6.54 Å². The lowest BCUT2D eigenvalue weighted by atomic mass is 9.85. The van der Waals surface area contributed by atoms with E-state index in [1.165, 1.54) is 0 Å². The van der Waals surface area contributed by atoms with Gasteiger partial charge in [0.25, 0.3) is 5.91 Å². The van der Waals surface area contributed by atoms with Crippen molar-refractivity contribution in [1.29, 1.82) is 0 Å². The van der Waals surface area contributed by atoms with Crippen molar-refractivity contribution in [2.24, 2.45) is 10.7 Å². The average molecular weight is 558 g/mol. The highest BCUT2D eigenvalue weighted by molar-refractivity contribution is 5.96. The number of carbonyl (C=O) groups is 3. The third kappa shape index (κ3) is 10.2. The maximum atomic E-state index is 12.7. The Morgan fingerprint density at radius 2 is 1.30 bits per heavy atom. The van der Waals surface area contributed by atoms with Crippen LogP contribution in [0.1, 0.15) is 52.7 Å². The Morgan fingerprint density at radius 1 is 0.850 bits per heavy atom. The van der Waals surface area contributed by atoms with Gasteiger partial charge in [0.1, 0.15) is 6.04 Å². The van der Waals surface area contributed by atoms with Crippen molar-refractivity contribution >= 4 is 23.7 Å². The lowest BCUT2D eigenvalue weighted by molar-refractivity contribution is -0.192. The second-order valence-electron chi connectivity index (χ2n) is 8.71. The van der Waals surface area contributed by atoms with E-state index in [1.54, 1.807) is 19.1 Å². The summed E-state index contributed by atoms with van der Waals surface area (Å²) in [4.78, 5) is 37.2. The molecule has 3 aromatic rings. The number of aliphatic imine (C=N–C) groups is 1. The van der Waals surface area contributed by atoms with Crippen LogP contribution in [0.25, 0.3) is 0 Å². The van der Waals surface area contributed by atoms with Gasteiger partial charge in [0.2, 0.25) is 0 Å². The van der Waals surface area contributed by atoms with Crippen LogP contribution in [-0.4, -0.2) is 52.7 Å². The molecule has 0 aliphatic carbocycles. The summed E-state index contributed by atoms with van der Waals surface area (Å²) in [5.41, 5.74) is 9.27. The number of amidine groups is 1. The van der Waals surface area contributed by atoms with Crippen molar-refractivity contribution in [1.82, 2.24) is 5.32 Å². The molecule has 11 heteroatoms. The van der Waals surface area contributed by atoms with Crippen LogP contribution in [0.5, 0.6) is 0 Å². The Hall–Kier alpha value is -4.67. The number of carboxylic acid groups (broad SMARTS) is 2. The zero-order valence-corrected chi connectivity index (χ0v) is 21.6. The molecule has 5 N–H and O–H groups in total. The molecule has 0 fully saturated rings. The summed E-state index contributed by atoms with van der Waals surface area (Å²) in [6.07, 6.45) is -4.29. The third-order valence-electron chi connectivity index (χ3n) is 5.63. The molecular formula is C29H30F3N3O5. The summed E-state index contributed by atoms with van der Waals surface area (Å²) in [7, 11) is 0. The molecule has 40 heavy (non-hydrogen) atoms. The van der Waals surface area contributed by atoms with E-state index in [2.05, 4.69) is 34.6 Å². The predicted octanol–water partition coefficient (Wildman–Crippen LogP) is 4.84. The summed E-state index contributed by atoms with van der Waals surface area (Å²) < 4.78 is 31.7. The molecule has 0 saturated carbocycles. The van der Waals surface area contributed by atoms with Gasteiger partial charge >= 0.3 is 18.1 Å². The van der Waals surface area contributed by atoms with E-state index >= 15 is 0 Å². The molecule has 0 heterocycles. The van der Waals surface area contributed by atoms with E-state index in [4.69, 9.17) is 15.6 Å². The Balaban J connectivity index is 0.000000708. The zero-order chi connectivity index (χ0) is 29.7. The molecule has 0 aliphatic rings. The largest absolute Gasteiger partial charge is 0.490 e. The molecule has 0 saturated heterocycles. The monoisotopic (exact) mass is 557 g/mol. The SMILES string of the molecule is CC(N)=NCCC[C@H](NC(=O)c1ccc(C(c2ccccc2)c2ccccc2)cc1)C(=O)O.O=C(O)C(F)(F)F. The van der Waals surface area contributed by atoms with E-state index in [1.807, 2.05) is 48.5 Å². The first-order valence-corrected chi connectivity index (χ1v) is 12.2. The molecule has 0 aromatic heterocycles. The van der Waals surface area contributed by atoms with Crippen LogP contribution in [0.3, 0.4) is 0 Å². The lowest BCUT2D eigenvalue weighted by Gasteiger charge is -2.19. The molecule has 212 valence electrons. The molecule has 0 radical (unpaired) electrons. The molecule has 8 nitrogen and oxygen atoms in total. The Labute approximate surface area is 229 Å². The molecule has 0 bridgehead atoms. The third-order valence-corrected chi connectivity index (χ3v) is 5.63. The minimum Gasteiger partial charge on any atom is -0.480 e. The van der Waals surface area contributed by atoms with Crippen LogP contribution in [0.4, 0.5) is 13.2 Å². The molecule has 0 spiro atoms. The molecule has 0 unspecified atom stereocenters. The van der Waals surface area contributed by atoms with Crippen LogP contribution < -0.4 is 11.1 Å². The number of carboxylic acids is 2. The lowest BCUT2D eigenvalue weighted by Crippen LogP contribution is -2.40. The van der Waals surface area contributed by atoms with Gasteiger partial charge in [0.05, 0.1) is 5.84 Å². The van der Waals surface area contributed by atoms with Gasteiger partial charge in [-0.3, -0.25) is 9.79 Å². The average Bonchev–Trinajstić information content (AvgIpc) is 2.91. The fourth-order valence-corrected chi connectivity index (χ4v) is 3.75. The second kappa shape index (κ2) is 15.1. The molecule has 0 aliphatic heterocycles. The highest BCUT2D eigenvalue weighted by atomic mass is 19.4. The molecule has 1 amide bonds. The maximum absolute atomic E-state index is 12.7. The van der Waals surface area contributed by atoms with E-state index in [-0.39, 0.29) is 12.3 Å². The second-order valence-corrected chi connectivity index (χ2v) is 8.71. The number of nitrogens with zero attached hydrogens (tertiary/aromatic N) is 1. The zero-order valence-electron chi connectivity index (χ0n) is 21.6. The summed E-state index contributed by atoms with van der Waals surface area (Å²) in [5.74, 6) is -3.75. The number of carbonyl (C=O) groups excluding carboxylic acids is 1. The number of hydrogen-bond donors (Lipinski definition) is 4. The van der Waals surface area contributed by atoms with Crippen LogP contribution in [0.2, 0.25) is 0 Å². The number of halogens is 3. The Kier molecular flexibility index (Phi) is 11.9. The predicted molar refractivity (Wildman–Crippen MR) is 144 cm³/mol. The van der Waals surface area contributed by atoms with E-state index in [9.17, 15) is 27.9 Å². The first-order chi connectivity index (χ1) is 18.9. The highest BCUT2D eigenvalue weighted by Crippen LogP contribution is 2.31. The number of benzene rings is 3. The fraction of sp³-hybridized carbons (Fsp3) is 0.241. The quantitative estimate of drug-likeness (QED) is 0.122. The van der Waals surface area contributed by atoms with Gasteiger partial charge in [-0.1, -0.05) is 72.8 Å². The van der Waals surface area contributed by atoms with Crippen LogP contribution >= 0.6 is 0 Å². The topological polar surface area (TPSA) is 142 Å². The summed E-state index contributed by atoms with van der Waals surface area (Å²) in [6, 6.07) is 26.7. The number of nitrogens with two attached hydrogens (primary N) is 1. The van der Waals surface area contributed by atoms with Crippen molar-refractivity contribution in [3.63, 3.8) is 0 Å². The number of amides is 1. The van der Waals surface area contributed by atoms with Crippen molar-refractivity contribution in [3.05, 3.63) is 107 Å². The van der Waals surface area contributed by atoms with Gasteiger partial charge in [0, 0.05) is 18.0 Å². The summed E-state index contributed by atoms with van der Waals surface area (Å²) >= 11 is 0. The molecule has 1 atom stereocenters. The van der Waals surface area contributed by atoms with E-state index < -0.39 is 30.1 Å². The van der Waals surface area contributed by atoms with Gasteiger partial charge in [-0.15, -0.1) is 0 Å². The number of hydrogen-bond acceptors (Lipinski definition) is 4. The number of nitrogens with one attached hydrogen (secondary N) is 1. The Bertz CT molecular complexity index is 1240. The maximum Gasteiger partial charge on any atom is 0.490 e. The first kappa shape index (κ1) is 31.5. The molecule has 3 rings (SSSR count). The standard InChI is InChI=1S/C27H29N3O3.C2HF3O2/c1-19(28)29-18-8-13-24(27(32)33)30-26(31)23-16-14-22(15-17-23)25(20-9-4-2-5-10-20)21-11-6-3-7-12-21;3-2(4,5)1(6)7/h2-7,9-12,14-17,24-25H,8,13,18H2,1H3,(H2,28,29)(H,30,31)(H,32,33);(H,6,7)/t24-;/m0./s1. The van der Waals surface area contributed by atoms with E-state index in [0.717, 1.165) is 16.7 Å². The summed E-state index contributed by atoms with van der Waals surface area (Å²) in [5, 5.41) is 19.2. The minimum atomic E-state index is -5.08. The van der Waals surface area contributed by atoms with Gasteiger partial charge in [0.15, 0.2) is 0 Å². The highest BCUT2D eigenvalue weighted by Gasteiger charge is 2.38. The van der Waals surface area contributed by atoms with Crippen molar-refractivity contribution < 1.29 is 37.8 Å². The number of alkyl halides is 3. The first-order valence-electron chi connectivity index (χ1n) is 12.2. The number of rotatable bonds is 10. The van der Waals surface area contributed by atoms with Gasteiger partial charge in [-0.05, 0) is 48.6 Å². The fourth-order valence-electron chi connectivity index (χ4n) is 3.75. The molecule has 3 aromatic carbocycles. The van der Waals surface area contributed by atoms with E-state index in [0.29, 0.717) is 24.4 Å². The van der Waals surface area contributed by atoms with Crippen LogP contribution in [0, 0.1) is 0 Å². The van der Waals surface area contributed by atoms with Crippen molar-refractivity contribution in [2.45, 2.75) is 37.9 Å². The smallest absolute Gasteiger partial charge is 0.480 e. The van der Waals surface area contributed by atoms with Gasteiger partial charge in [-0.25, -0.2) is 9.59 Å². The van der Waals surface area contributed by atoms with Gasteiger partial charge < -0.3 is 21.3 Å². The van der Waals surface area contributed by atoms with Gasteiger partial charge in [-0.2, -0.15) is 13.2 Å². The Morgan fingerprint density at radius 3 is 1.70 bits per heavy atom. The number of aliphatic carboxylic acids is 2. The molecular weight excluding hydrogens is 527 g/mol. The normalized spacial score (nSPS) is 12.2. The van der Waals surface area contributed by atoms with Crippen molar-refractivity contribution in [3.8, 4) is 0 Å². The minimum absolute atomic E-state index is 0.0304. The van der Waals surface area contributed by atoms with Crippen LogP contribution in [0.15, 0.2) is 89.9 Å². The van der Waals surface area contributed by atoms with Crippen LogP contribution in [-0.2, 0) is 9.59 Å². The summed E-state index contributed by atoms with van der Waals surface area (Å²) in [6.45, 7) is 2.11.